The zero-order valence-electron chi connectivity index (χ0n) is 9.02. The van der Waals surface area contributed by atoms with Gasteiger partial charge in [-0.2, -0.15) is 5.10 Å². The van der Waals surface area contributed by atoms with Crippen molar-refractivity contribution in [3.8, 4) is 11.5 Å². The van der Waals surface area contributed by atoms with E-state index in [0.29, 0.717) is 5.92 Å². The number of nitrogens with one attached hydrogen (secondary N) is 1. The molecule has 1 aliphatic heterocycles. The van der Waals surface area contributed by atoms with Crippen LogP contribution in [-0.4, -0.2) is 23.3 Å². The van der Waals surface area contributed by atoms with Crippen LogP contribution in [0.3, 0.4) is 0 Å². The van der Waals surface area contributed by atoms with Gasteiger partial charge in [-0.3, -0.25) is 5.10 Å². The second kappa shape index (κ2) is 4.14. The van der Waals surface area contributed by atoms with Gasteiger partial charge in [0.25, 0.3) is 0 Å². The van der Waals surface area contributed by atoms with Gasteiger partial charge in [-0.05, 0) is 31.0 Å². The normalized spacial score (nSPS) is 17.8. The number of furan rings is 1. The highest BCUT2D eigenvalue weighted by molar-refractivity contribution is 5.52. The molecule has 0 amide bonds. The Bertz CT molecular complexity index is 441. The van der Waals surface area contributed by atoms with Crippen molar-refractivity contribution in [2.75, 3.05) is 13.1 Å². The maximum absolute atomic E-state index is 5.32. The molecule has 16 heavy (non-hydrogen) atoms. The monoisotopic (exact) mass is 216 g/mol. The van der Waals surface area contributed by atoms with Crippen LogP contribution in [0.4, 0.5) is 0 Å². The number of piperidine rings is 1. The summed E-state index contributed by atoms with van der Waals surface area (Å²) < 4.78 is 5.32. The highest BCUT2D eigenvalue weighted by Crippen LogP contribution is 2.27. The van der Waals surface area contributed by atoms with Gasteiger partial charge in [-0.1, -0.05) is 0 Å². The molecule has 4 heteroatoms. The molecule has 1 fully saturated rings. The Kier molecular flexibility index (Phi) is 2.50. The lowest BCUT2D eigenvalue weighted by molar-refractivity contribution is 0.446. The standard InChI is InChI=1S/C12H14N3O/c1-2-12(16-7-1)11-8-10(14-15-11)9-3-5-13-6-4-9/h1-2,7-9H,3-6H2,(H,14,15). The van der Waals surface area contributed by atoms with Crippen molar-refractivity contribution >= 4 is 0 Å². The molecule has 2 aromatic rings. The third-order valence-electron chi connectivity index (χ3n) is 3.08. The van der Waals surface area contributed by atoms with Crippen LogP contribution in [0.15, 0.2) is 28.9 Å². The molecule has 1 aliphatic rings. The van der Waals surface area contributed by atoms with Crippen molar-refractivity contribution in [3.63, 3.8) is 0 Å². The number of aromatic nitrogens is 2. The molecule has 0 atom stereocenters. The quantitative estimate of drug-likeness (QED) is 0.836. The lowest BCUT2D eigenvalue weighted by Crippen LogP contribution is -2.21. The van der Waals surface area contributed by atoms with Crippen molar-refractivity contribution in [2.45, 2.75) is 18.8 Å². The maximum atomic E-state index is 5.32. The summed E-state index contributed by atoms with van der Waals surface area (Å²) in [5.74, 6) is 1.40. The topological polar surface area (TPSA) is 55.9 Å². The zero-order chi connectivity index (χ0) is 10.8. The summed E-state index contributed by atoms with van der Waals surface area (Å²) >= 11 is 0. The van der Waals surface area contributed by atoms with Gasteiger partial charge in [0.1, 0.15) is 5.69 Å². The van der Waals surface area contributed by atoms with E-state index in [2.05, 4.69) is 21.6 Å². The molecular weight excluding hydrogens is 202 g/mol. The number of H-pyrrole nitrogens is 1. The SMILES string of the molecule is c1coc(-c2cc(C3CC[N]CC3)[nH]n2)c1. The number of rotatable bonds is 2. The molecule has 1 radical (unpaired) electrons. The van der Waals surface area contributed by atoms with Crippen molar-refractivity contribution in [1.29, 1.82) is 0 Å². The van der Waals surface area contributed by atoms with Gasteiger partial charge in [-0.15, -0.1) is 0 Å². The molecule has 1 saturated heterocycles. The van der Waals surface area contributed by atoms with Gasteiger partial charge in [0.15, 0.2) is 5.76 Å². The Morgan fingerprint density at radius 3 is 2.94 bits per heavy atom. The van der Waals surface area contributed by atoms with Crippen LogP contribution in [0.2, 0.25) is 0 Å². The van der Waals surface area contributed by atoms with Crippen LogP contribution >= 0.6 is 0 Å². The Labute approximate surface area is 94.0 Å². The van der Waals surface area contributed by atoms with E-state index in [1.165, 1.54) is 5.69 Å². The van der Waals surface area contributed by atoms with Gasteiger partial charge in [0.2, 0.25) is 0 Å². The van der Waals surface area contributed by atoms with E-state index in [4.69, 9.17) is 4.42 Å². The smallest absolute Gasteiger partial charge is 0.154 e. The first kappa shape index (κ1) is 9.66. The first-order chi connectivity index (χ1) is 7.93. The van der Waals surface area contributed by atoms with Crippen molar-refractivity contribution in [3.05, 3.63) is 30.2 Å². The summed E-state index contributed by atoms with van der Waals surface area (Å²) in [6, 6.07) is 5.90. The predicted molar refractivity (Wildman–Crippen MR) is 60.1 cm³/mol. The summed E-state index contributed by atoms with van der Waals surface area (Å²) in [4.78, 5) is 0. The average molecular weight is 216 g/mol. The first-order valence-corrected chi connectivity index (χ1v) is 5.66. The third-order valence-corrected chi connectivity index (χ3v) is 3.08. The predicted octanol–water partition coefficient (Wildman–Crippen LogP) is 2.15. The Morgan fingerprint density at radius 2 is 2.19 bits per heavy atom. The van der Waals surface area contributed by atoms with E-state index >= 15 is 0 Å². The van der Waals surface area contributed by atoms with Gasteiger partial charge >= 0.3 is 0 Å². The summed E-state index contributed by atoms with van der Waals surface area (Å²) in [6.45, 7) is 1.94. The highest BCUT2D eigenvalue weighted by atomic mass is 16.3. The van der Waals surface area contributed by atoms with Crippen LogP contribution in [0.1, 0.15) is 24.5 Å². The van der Waals surface area contributed by atoms with Gasteiger partial charge in [0, 0.05) is 24.7 Å². The number of hydrogen-bond donors (Lipinski definition) is 1. The third kappa shape index (κ3) is 1.76. The first-order valence-electron chi connectivity index (χ1n) is 5.66. The fourth-order valence-corrected chi connectivity index (χ4v) is 2.16. The molecule has 3 rings (SSSR count). The Hall–Kier alpha value is -1.55. The summed E-state index contributed by atoms with van der Waals surface area (Å²) in [6.07, 6.45) is 3.92. The fourth-order valence-electron chi connectivity index (χ4n) is 2.16. The lowest BCUT2D eigenvalue weighted by Gasteiger charge is -2.19. The van der Waals surface area contributed by atoms with E-state index in [1.54, 1.807) is 6.26 Å². The molecule has 0 aliphatic carbocycles. The summed E-state index contributed by atoms with van der Waals surface area (Å²) in [5, 5.41) is 11.8. The van der Waals surface area contributed by atoms with Gasteiger partial charge in [-0.25, -0.2) is 5.32 Å². The molecule has 4 nitrogen and oxygen atoms in total. The molecule has 0 bridgehead atoms. The molecular formula is C12H14N3O. The number of nitrogens with zero attached hydrogens (tertiary/aromatic N) is 2. The molecule has 2 aromatic heterocycles. The van der Waals surface area contributed by atoms with Crippen molar-refractivity contribution in [2.24, 2.45) is 0 Å². The molecule has 0 saturated carbocycles. The molecule has 1 N–H and O–H groups in total. The maximum Gasteiger partial charge on any atom is 0.154 e. The van der Waals surface area contributed by atoms with Crippen LogP contribution in [-0.2, 0) is 0 Å². The van der Waals surface area contributed by atoms with Crippen LogP contribution < -0.4 is 5.32 Å². The van der Waals surface area contributed by atoms with E-state index in [-0.39, 0.29) is 0 Å². The minimum Gasteiger partial charge on any atom is -0.463 e. The Balaban J connectivity index is 1.82. The highest BCUT2D eigenvalue weighted by Gasteiger charge is 2.18. The van der Waals surface area contributed by atoms with Crippen molar-refractivity contribution in [1.82, 2.24) is 15.5 Å². The number of aromatic amines is 1. The van der Waals surface area contributed by atoms with Crippen LogP contribution in [0, 0.1) is 0 Å². The van der Waals surface area contributed by atoms with Crippen molar-refractivity contribution < 1.29 is 4.42 Å². The lowest BCUT2D eigenvalue weighted by atomic mass is 9.94. The second-order valence-electron chi connectivity index (χ2n) is 4.13. The van der Waals surface area contributed by atoms with E-state index in [9.17, 15) is 0 Å². The van der Waals surface area contributed by atoms with E-state index in [1.807, 2.05) is 12.1 Å². The Morgan fingerprint density at radius 1 is 1.31 bits per heavy atom. The number of hydrogen-bond acceptors (Lipinski definition) is 2. The average Bonchev–Trinajstić information content (AvgIpc) is 3.01. The van der Waals surface area contributed by atoms with Crippen LogP contribution in [0.5, 0.6) is 0 Å². The second-order valence-corrected chi connectivity index (χ2v) is 4.13. The minimum absolute atomic E-state index is 0.578. The summed E-state index contributed by atoms with van der Waals surface area (Å²) in [5.41, 5.74) is 2.10. The largest absolute Gasteiger partial charge is 0.463 e. The molecule has 0 spiro atoms. The van der Waals surface area contributed by atoms with Crippen LogP contribution in [0.25, 0.3) is 11.5 Å². The summed E-state index contributed by atoms with van der Waals surface area (Å²) in [7, 11) is 0. The minimum atomic E-state index is 0.578. The van der Waals surface area contributed by atoms with E-state index < -0.39 is 0 Å². The van der Waals surface area contributed by atoms with Gasteiger partial charge in [0.05, 0.1) is 6.26 Å². The zero-order valence-corrected chi connectivity index (χ0v) is 9.02. The fraction of sp³-hybridized carbons (Fsp3) is 0.417. The molecule has 0 unspecified atom stereocenters. The molecule has 83 valence electrons. The van der Waals surface area contributed by atoms with E-state index in [0.717, 1.165) is 37.4 Å². The van der Waals surface area contributed by atoms with Gasteiger partial charge < -0.3 is 4.42 Å². The molecule has 0 aromatic carbocycles. The molecule has 3 heterocycles.